The molecule has 1 aliphatic heterocycles. The Kier molecular flexibility index (Phi) is 5.16. The molecule has 0 aromatic heterocycles. The van der Waals surface area contributed by atoms with Crippen molar-refractivity contribution in [3.63, 3.8) is 0 Å². The molecule has 6 heteroatoms. The Balaban J connectivity index is 1.98. The van der Waals surface area contributed by atoms with Crippen LogP contribution in [0.2, 0.25) is 0 Å². The lowest BCUT2D eigenvalue weighted by molar-refractivity contribution is -0.137. The van der Waals surface area contributed by atoms with Gasteiger partial charge in [0, 0.05) is 11.6 Å². The second-order valence-electron chi connectivity index (χ2n) is 6.29. The molecule has 0 radical (unpaired) electrons. The number of hydrogen-bond acceptors (Lipinski definition) is 5. The molecule has 1 fully saturated rings. The number of esters is 1. The lowest BCUT2D eigenvalue weighted by atomic mass is 10.1. The van der Waals surface area contributed by atoms with Crippen molar-refractivity contribution >= 4 is 29.1 Å². The number of carbonyl (C=O) groups is 2. The van der Waals surface area contributed by atoms with Gasteiger partial charge in [0.1, 0.15) is 11.4 Å². The van der Waals surface area contributed by atoms with E-state index in [0.29, 0.717) is 11.4 Å². The maximum absolute atomic E-state index is 12.6. The predicted octanol–water partition coefficient (Wildman–Crippen LogP) is 3.29. The van der Waals surface area contributed by atoms with Gasteiger partial charge in [0.15, 0.2) is 0 Å². The molecule has 1 aromatic carbocycles. The molecule has 1 aromatic rings. The Bertz CT molecular complexity index is 746. The summed E-state index contributed by atoms with van der Waals surface area (Å²) < 4.78 is 5.17. The van der Waals surface area contributed by atoms with Crippen molar-refractivity contribution in [1.82, 2.24) is 5.32 Å². The lowest BCUT2D eigenvalue weighted by Crippen LogP contribution is -2.38. The first-order valence-corrected chi connectivity index (χ1v) is 8.74. The number of allylic oxidation sites excluding steroid dienone is 1. The van der Waals surface area contributed by atoms with Crippen LogP contribution >= 0.6 is 0 Å². The summed E-state index contributed by atoms with van der Waals surface area (Å²) in [6.45, 7) is 3.79. The molecule has 2 N–H and O–H groups in total. The molecular weight excluding hydrogens is 318 g/mol. The third-order valence-corrected chi connectivity index (χ3v) is 4.52. The Morgan fingerprint density at radius 1 is 1.28 bits per heavy atom. The zero-order valence-electron chi connectivity index (χ0n) is 14.6. The minimum atomic E-state index is -0.495. The highest BCUT2D eigenvalue weighted by atomic mass is 16.5. The van der Waals surface area contributed by atoms with Crippen LogP contribution < -0.4 is 10.6 Å². The van der Waals surface area contributed by atoms with Crippen LogP contribution in [-0.2, 0) is 14.3 Å². The van der Waals surface area contributed by atoms with Crippen molar-refractivity contribution in [3.05, 3.63) is 35.5 Å². The zero-order valence-corrected chi connectivity index (χ0v) is 14.6. The highest BCUT2D eigenvalue weighted by molar-refractivity contribution is 6.24. The third kappa shape index (κ3) is 3.73. The molecule has 1 amide bonds. The van der Waals surface area contributed by atoms with E-state index in [-0.39, 0.29) is 29.8 Å². The number of carbonyl (C=O) groups excluding carboxylic acids is 2. The summed E-state index contributed by atoms with van der Waals surface area (Å²) in [5, 5.41) is 6.07. The van der Waals surface area contributed by atoms with Gasteiger partial charge in [-0.05, 0) is 38.8 Å². The molecule has 2 aliphatic rings. The monoisotopic (exact) mass is 341 g/mol. The van der Waals surface area contributed by atoms with Gasteiger partial charge in [-0.1, -0.05) is 25.0 Å². The average Bonchev–Trinajstić information content (AvgIpc) is 3.07. The molecule has 0 bridgehead atoms. The number of amides is 1. The molecular formula is C19H23N3O3. The summed E-state index contributed by atoms with van der Waals surface area (Å²) >= 11 is 0. The number of nitrogens with zero attached hydrogens (tertiary/aromatic N) is 1. The van der Waals surface area contributed by atoms with Gasteiger partial charge in [-0.3, -0.25) is 4.79 Å². The van der Waals surface area contributed by atoms with Gasteiger partial charge in [0.05, 0.1) is 18.0 Å². The molecule has 0 unspecified atom stereocenters. The molecule has 1 saturated carbocycles. The Labute approximate surface area is 147 Å². The Morgan fingerprint density at radius 2 is 2.00 bits per heavy atom. The summed E-state index contributed by atoms with van der Waals surface area (Å²) in [4.78, 5) is 29.6. The summed E-state index contributed by atoms with van der Waals surface area (Å²) in [6, 6.07) is 7.48. The fourth-order valence-electron chi connectivity index (χ4n) is 3.25. The molecule has 0 saturated heterocycles. The molecule has 6 nitrogen and oxygen atoms in total. The third-order valence-electron chi connectivity index (χ3n) is 4.52. The second-order valence-corrected chi connectivity index (χ2v) is 6.29. The number of benzene rings is 1. The van der Waals surface area contributed by atoms with E-state index in [1.165, 1.54) is 0 Å². The van der Waals surface area contributed by atoms with Crippen LogP contribution in [0.15, 0.2) is 40.5 Å². The van der Waals surface area contributed by atoms with Crippen LogP contribution in [0.25, 0.3) is 0 Å². The van der Waals surface area contributed by atoms with Crippen molar-refractivity contribution in [1.29, 1.82) is 0 Å². The second kappa shape index (κ2) is 7.51. The van der Waals surface area contributed by atoms with E-state index in [1.54, 1.807) is 13.8 Å². The first-order chi connectivity index (χ1) is 12.1. The first-order valence-electron chi connectivity index (χ1n) is 8.74. The SMILES string of the molecule is CCOC(=O)C1=C(C)Nc2ccccc2N=C1NC(=O)C1CCCC1. The number of rotatable bonds is 3. The molecule has 0 spiro atoms. The lowest BCUT2D eigenvalue weighted by Gasteiger charge is -2.15. The minimum absolute atomic E-state index is 0.0158. The molecule has 0 atom stereocenters. The topological polar surface area (TPSA) is 79.8 Å². The number of amidine groups is 1. The van der Waals surface area contributed by atoms with Gasteiger partial charge >= 0.3 is 5.97 Å². The number of anilines is 1. The number of hydrogen-bond donors (Lipinski definition) is 2. The molecule has 132 valence electrons. The Morgan fingerprint density at radius 3 is 2.72 bits per heavy atom. The van der Waals surface area contributed by atoms with Crippen LogP contribution in [0.3, 0.4) is 0 Å². The van der Waals surface area contributed by atoms with E-state index < -0.39 is 5.97 Å². The highest BCUT2D eigenvalue weighted by Crippen LogP contribution is 2.31. The Hall–Kier alpha value is -2.63. The number of aliphatic imine (C=N–C) groups is 1. The number of nitrogens with one attached hydrogen (secondary N) is 2. The van der Waals surface area contributed by atoms with Gasteiger partial charge in [0.2, 0.25) is 5.91 Å². The fraction of sp³-hybridized carbons (Fsp3) is 0.421. The number of para-hydroxylation sites is 2. The van der Waals surface area contributed by atoms with Gasteiger partial charge in [0.25, 0.3) is 0 Å². The summed E-state index contributed by atoms with van der Waals surface area (Å²) in [7, 11) is 0. The van der Waals surface area contributed by atoms with E-state index in [9.17, 15) is 9.59 Å². The molecule has 1 aliphatic carbocycles. The van der Waals surface area contributed by atoms with Crippen molar-refractivity contribution in [2.24, 2.45) is 10.9 Å². The summed E-state index contributed by atoms with van der Waals surface area (Å²) in [5.74, 6) is -0.334. The first kappa shape index (κ1) is 17.2. The van der Waals surface area contributed by atoms with Gasteiger partial charge in [-0.25, -0.2) is 9.79 Å². The summed E-state index contributed by atoms with van der Waals surface area (Å²) in [6.07, 6.45) is 3.89. The zero-order chi connectivity index (χ0) is 17.8. The van der Waals surface area contributed by atoms with Crippen LogP contribution in [0.1, 0.15) is 39.5 Å². The number of fused-ring (bicyclic) bond motifs is 1. The van der Waals surface area contributed by atoms with E-state index in [0.717, 1.165) is 31.4 Å². The minimum Gasteiger partial charge on any atom is -0.462 e. The maximum atomic E-state index is 12.6. The van der Waals surface area contributed by atoms with Crippen LogP contribution in [0, 0.1) is 5.92 Å². The van der Waals surface area contributed by atoms with E-state index in [4.69, 9.17) is 4.74 Å². The van der Waals surface area contributed by atoms with Crippen LogP contribution in [0.4, 0.5) is 11.4 Å². The van der Waals surface area contributed by atoms with Crippen molar-refractivity contribution in [2.45, 2.75) is 39.5 Å². The molecule has 3 rings (SSSR count). The highest BCUT2D eigenvalue weighted by Gasteiger charge is 2.29. The normalized spacial score (nSPS) is 17.3. The molecule has 1 heterocycles. The van der Waals surface area contributed by atoms with E-state index in [1.807, 2.05) is 24.3 Å². The predicted molar refractivity (Wildman–Crippen MR) is 96.6 cm³/mol. The molecule has 25 heavy (non-hydrogen) atoms. The van der Waals surface area contributed by atoms with Crippen molar-refractivity contribution < 1.29 is 14.3 Å². The fourth-order valence-corrected chi connectivity index (χ4v) is 3.25. The smallest absolute Gasteiger partial charge is 0.343 e. The number of ether oxygens (including phenoxy) is 1. The maximum Gasteiger partial charge on any atom is 0.343 e. The van der Waals surface area contributed by atoms with Gasteiger partial charge in [-0.15, -0.1) is 0 Å². The van der Waals surface area contributed by atoms with Crippen LogP contribution in [0.5, 0.6) is 0 Å². The van der Waals surface area contributed by atoms with Crippen molar-refractivity contribution in [3.8, 4) is 0 Å². The standard InChI is InChI=1S/C19H23N3O3/c1-3-25-19(24)16-12(2)20-14-10-6-7-11-15(14)21-17(16)22-18(23)13-8-4-5-9-13/h6-7,10-11,13,20H,3-5,8-9H2,1-2H3,(H,21,22,23). The largest absolute Gasteiger partial charge is 0.462 e. The summed E-state index contributed by atoms with van der Waals surface area (Å²) in [5.41, 5.74) is 2.33. The van der Waals surface area contributed by atoms with Crippen LogP contribution in [-0.4, -0.2) is 24.3 Å². The quantitative estimate of drug-likeness (QED) is 0.827. The average molecular weight is 341 g/mol. The van der Waals surface area contributed by atoms with E-state index in [2.05, 4.69) is 15.6 Å². The van der Waals surface area contributed by atoms with Crippen molar-refractivity contribution in [2.75, 3.05) is 11.9 Å². The van der Waals surface area contributed by atoms with Gasteiger partial charge < -0.3 is 15.4 Å². The van der Waals surface area contributed by atoms with E-state index >= 15 is 0 Å². The van der Waals surface area contributed by atoms with Gasteiger partial charge in [-0.2, -0.15) is 0 Å².